The van der Waals surface area contributed by atoms with Gasteiger partial charge in [0.05, 0.1) is 9.75 Å². The lowest BCUT2D eigenvalue weighted by molar-refractivity contribution is -0.130. The first-order valence-corrected chi connectivity index (χ1v) is 10.2. The third-order valence-corrected chi connectivity index (χ3v) is 6.98. The molecular weight excluding hydrogens is 362 g/mol. The summed E-state index contributed by atoms with van der Waals surface area (Å²) in [6, 6.07) is 3.47. The smallest absolute Gasteiger partial charge is 0.264 e. The molecule has 1 spiro atoms. The Morgan fingerprint density at radius 1 is 1.22 bits per heavy atom. The molecule has 1 aromatic rings. The molecule has 2 aliphatic rings. The first-order chi connectivity index (χ1) is 12.9. The van der Waals surface area contributed by atoms with Gasteiger partial charge in [0.2, 0.25) is 5.91 Å². The van der Waals surface area contributed by atoms with E-state index in [1.54, 1.807) is 18.2 Å². The molecule has 0 aromatic carbocycles. The summed E-state index contributed by atoms with van der Waals surface area (Å²) in [5.41, 5.74) is -0.180. The molecule has 6 nitrogen and oxygen atoms in total. The Morgan fingerprint density at radius 3 is 2.63 bits per heavy atom. The van der Waals surface area contributed by atoms with E-state index in [1.807, 2.05) is 9.80 Å². The number of ketones is 1. The molecule has 0 aliphatic carbocycles. The van der Waals surface area contributed by atoms with Crippen molar-refractivity contribution in [3.63, 3.8) is 0 Å². The number of likely N-dealkylation sites (N-methyl/N-ethyl adjacent to an activating group) is 1. The second-order valence-corrected chi connectivity index (χ2v) is 8.55. The molecule has 2 amide bonds. The average Bonchev–Trinajstić information content (AvgIpc) is 3.09. The predicted octanol–water partition coefficient (Wildman–Crippen LogP) is 2.28. The number of hydrogen-bond donors (Lipinski definition) is 0. The monoisotopic (exact) mass is 389 g/mol. The molecule has 1 atom stereocenters. The molecule has 27 heavy (non-hydrogen) atoms. The minimum Gasteiger partial charge on any atom is -0.339 e. The highest BCUT2D eigenvalue weighted by Crippen LogP contribution is 2.33. The molecule has 2 saturated heterocycles. The Hall–Kier alpha value is -1.99. The van der Waals surface area contributed by atoms with E-state index in [9.17, 15) is 14.4 Å². The molecule has 2 fully saturated rings. The van der Waals surface area contributed by atoms with E-state index in [0.717, 1.165) is 19.4 Å². The first kappa shape index (κ1) is 19.8. The number of Topliss-reactive ketones (excluding diaryl/α,β-unsaturated/α-hetero) is 1. The third-order valence-electron chi connectivity index (χ3n) is 5.80. The summed E-state index contributed by atoms with van der Waals surface area (Å²) < 4.78 is 0. The zero-order chi connectivity index (χ0) is 19.6. The van der Waals surface area contributed by atoms with Crippen molar-refractivity contribution >= 4 is 28.9 Å². The lowest BCUT2D eigenvalue weighted by Crippen LogP contribution is -2.62. The molecule has 0 radical (unpaired) electrons. The van der Waals surface area contributed by atoms with E-state index in [1.165, 1.54) is 18.3 Å². The van der Waals surface area contributed by atoms with Crippen LogP contribution in [0.1, 0.15) is 45.5 Å². The van der Waals surface area contributed by atoms with Gasteiger partial charge < -0.3 is 9.80 Å². The largest absolute Gasteiger partial charge is 0.339 e. The van der Waals surface area contributed by atoms with Crippen LogP contribution in [0.4, 0.5) is 0 Å². The molecule has 3 heterocycles. The Labute approximate surface area is 164 Å². The molecule has 0 N–H and O–H groups in total. The molecular formula is C20H27N3O3S. The molecule has 7 heteroatoms. The van der Waals surface area contributed by atoms with Crippen LogP contribution in [0, 0.1) is 0 Å². The molecule has 0 bridgehead atoms. The first-order valence-electron chi connectivity index (χ1n) is 9.36. The number of nitrogens with zero attached hydrogens (tertiary/aromatic N) is 3. The van der Waals surface area contributed by atoms with Crippen molar-refractivity contribution in [1.82, 2.24) is 14.7 Å². The van der Waals surface area contributed by atoms with E-state index < -0.39 is 0 Å². The van der Waals surface area contributed by atoms with Crippen LogP contribution in [-0.2, 0) is 4.79 Å². The van der Waals surface area contributed by atoms with Crippen molar-refractivity contribution < 1.29 is 14.4 Å². The van der Waals surface area contributed by atoms with Crippen LogP contribution in [-0.4, -0.2) is 77.6 Å². The van der Waals surface area contributed by atoms with Crippen LogP contribution in [0.25, 0.3) is 0 Å². The second kappa shape index (κ2) is 7.94. The van der Waals surface area contributed by atoms with Gasteiger partial charge in [-0.2, -0.15) is 0 Å². The minimum absolute atomic E-state index is 0.0153. The fourth-order valence-corrected chi connectivity index (χ4v) is 4.88. The van der Waals surface area contributed by atoms with Crippen molar-refractivity contribution in [2.24, 2.45) is 0 Å². The molecule has 0 unspecified atom stereocenters. The Bertz CT molecular complexity index is 759. The Balaban J connectivity index is 1.77. The van der Waals surface area contributed by atoms with E-state index in [0.29, 0.717) is 42.4 Å². The second-order valence-electron chi connectivity index (χ2n) is 7.47. The number of hydrogen-bond acceptors (Lipinski definition) is 5. The quantitative estimate of drug-likeness (QED) is 0.586. The van der Waals surface area contributed by atoms with Crippen LogP contribution >= 0.6 is 11.3 Å². The molecule has 3 rings (SSSR count). The SMILES string of the molecule is C=CCN1CC[C@]2(CCC1=O)CN(C(=O)c1ccc(C(C)=O)s1)CCN2C. The minimum atomic E-state index is -0.180. The molecule has 1 aromatic heterocycles. The maximum atomic E-state index is 13.0. The standard InChI is InChI=1S/C20H27N3O3S/c1-4-10-22-11-9-20(8-7-18(22)25)14-23(13-12-21(20)3)19(26)17-6-5-16(27-17)15(2)24/h4-6H,1,7-14H2,2-3H3/t20-/m1/s1. The molecule has 0 saturated carbocycles. The van der Waals surface area contributed by atoms with Crippen molar-refractivity contribution in [2.75, 3.05) is 39.8 Å². The summed E-state index contributed by atoms with van der Waals surface area (Å²) in [5.74, 6) is 0.130. The van der Waals surface area contributed by atoms with E-state index in [4.69, 9.17) is 0 Å². The zero-order valence-electron chi connectivity index (χ0n) is 16.1. The van der Waals surface area contributed by atoms with Crippen LogP contribution in [0.5, 0.6) is 0 Å². The zero-order valence-corrected chi connectivity index (χ0v) is 16.9. The van der Waals surface area contributed by atoms with Gasteiger partial charge in [0.1, 0.15) is 0 Å². The van der Waals surface area contributed by atoms with Crippen molar-refractivity contribution in [2.45, 2.75) is 31.7 Å². The molecule has 2 aliphatic heterocycles. The number of rotatable bonds is 4. The summed E-state index contributed by atoms with van der Waals surface area (Å²) in [4.78, 5) is 44.2. The van der Waals surface area contributed by atoms with Crippen molar-refractivity contribution in [1.29, 1.82) is 0 Å². The van der Waals surface area contributed by atoms with Gasteiger partial charge in [-0.05, 0) is 38.9 Å². The van der Waals surface area contributed by atoms with Gasteiger partial charge in [-0.3, -0.25) is 19.3 Å². The fraction of sp³-hybridized carbons (Fsp3) is 0.550. The number of amides is 2. The van der Waals surface area contributed by atoms with Gasteiger partial charge in [0, 0.05) is 44.7 Å². The van der Waals surface area contributed by atoms with Gasteiger partial charge in [-0.15, -0.1) is 17.9 Å². The van der Waals surface area contributed by atoms with Gasteiger partial charge in [-0.1, -0.05) is 6.08 Å². The summed E-state index contributed by atoms with van der Waals surface area (Å²) in [7, 11) is 2.09. The fourth-order valence-electron chi connectivity index (χ4n) is 4.01. The normalized spacial score (nSPS) is 24.1. The highest BCUT2D eigenvalue weighted by atomic mass is 32.1. The Kier molecular flexibility index (Phi) is 5.81. The van der Waals surface area contributed by atoms with Gasteiger partial charge in [0.15, 0.2) is 5.78 Å². The van der Waals surface area contributed by atoms with Crippen LogP contribution in [0.3, 0.4) is 0 Å². The maximum Gasteiger partial charge on any atom is 0.264 e. The lowest BCUT2D eigenvalue weighted by atomic mass is 9.86. The topological polar surface area (TPSA) is 60.9 Å². The van der Waals surface area contributed by atoms with E-state index in [-0.39, 0.29) is 23.1 Å². The number of thiophene rings is 1. The number of piperazine rings is 1. The van der Waals surface area contributed by atoms with Crippen LogP contribution < -0.4 is 0 Å². The Morgan fingerprint density at radius 2 is 1.96 bits per heavy atom. The average molecular weight is 390 g/mol. The van der Waals surface area contributed by atoms with Crippen molar-refractivity contribution in [3.05, 3.63) is 34.5 Å². The van der Waals surface area contributed by atoms with Gasteiger partial charge in [0.25, 0.3) is 5.91 Å². The predicted molar refractivity (Wildman–Crippen MR) is 106 cm³/mol. The maximum absolute atomic E-state index is 13.0. The highest BCUT2D eigenvalue weighted by Gasteiger charge is 2.43. The molecule has 146 valence electrons. The summed E-state index contributed by atoms with van der Waals surface area (Å²) in [6.07, 6.45) is 3.85. The number of carbonyl (C=O) groups excluding carboxylic acids is 3. The van der Waals surface area contributed by atoms with E-state index in [2.05, 4.69) is 18.5 Å². The summed E-state index contributed by atoms with van der Waals surface area (Å²) in [5, 5.41) is 0. The highest BCUT2D eigenvalue weighted by molar-refractivity contribution is 7.15. The van der Waals surface area contributed by atoms with Gasteiger partial charge in [-0.25, -0.2) is 0 Å². The van der Waals surface area contributed by atoms with Crippen LogP contribution in [0.15, 0.2) is 24.8 Å². The number of carbonyl (C=O) groups is 3. The number of likely N-dealkylation sites (tertiary alicyclic amines) is 1. The summed E-state index contributed by atoms with van der Waals surface area (Å²) >= 11 is 1.26. The van der Waals surface area contributed by atoms with E-state index >= 15 is 0 Å². The van der Waals surface area contributed by atoms with Crippen LogP contribution in [0.2, 0.25) is 0 Å². The van der Waals surface area contributed by atoms with Gasteiger partial charge >= 0.3 is 0 Å². The third kappa shape index (κ3) is 3.99. The summed E-state index contributed by atoms with van der Waals surface area (Å²) in [6.45, 7) is 8.58. The van der Waals surface area contributed by atoms with Crippen molar-refractivity contribution in [3.8, 4) is 0 Å². The lowest BCUT2D eigenvalue weighted by Gasteiger charge is -2.49.